The van der Waals surface area contributed by atoms with Crippen LogP contribution in [0.3, 0.4) is 0 Å². The van der Waals surface area contributed by atoms with Gasteiger partial charge in [0.1, 0.15) is 0 Å². The molecule has 15 heavy (non-hydrogen) atoms. The largest absolute Gasteiger partial charge is 0.338 e. The molecule has 4 nitrogen and oxygen atoms in total. The normalized spacial score (nSPS) is 20.5. The maximum Gasteiger partial charge on any atom is 0.224 e. The van der Waals surface area contributed by atoms with Gasteiger partial charge in [0.25, 0.3) is 0 Å². The van der Waals surface area contributed by atoms with Gasteiger partial charge in [-0.3, -0.25) is 4.79 Å². The lowest BCUT2D eigenvalue weighted by Crippen LogP contribution is -2.42. The van der Waals surface area contributed by atoms with E-state index in [0.717, 1.165) is 39.0 Å². The Kier molecular flexibility index (Phi) is 5.65. The number of carbonyl (C=O) groups is 1. The molecule has 1 fully saturated rings. The molecule has 1 heterocycles. The molecule has 0 aromatic heterocycles. The van der Waals surface area contributed by atoms with Gasteiger partial charge in [0.15, 0.2) is 0 Å². The molecule has 0 spiro atoms. The molecule has 0 aliphatic carbocycles. The van der Waals surface area contributed by atoms with E-state index in [2.05, 4.69) is 22.5 Å². The Morgan fingerprint density at radius 1 is 1.60 bits per heavy atom. The van der Waals surface area contributed by atoms with Crippen LogP contribution in [0, 0.1) is 0 Å². The highest BCUT2D eigenvalue weighted by atomic mass is 16.2. The minimum absolute atomic E-state index is 0.292. The van der Waals surface area contributed by atoms with Crippen molar-refractivity contribution in [2.24, 2.45) is 0 Å². The van der Waals surface area contributed by atoms with Crippen LogP contribution in [0.2, 0.25) is 0 Å². The fourth-order valence-corrected chi connectivity index (χ4v) is 2.03. The summed E-state index contributed by atoms with van der Waals surface area (Å²) in [6, 6.07) is 0.425. The third kappa shape index (κ3) is 3.80. The molecule has 1 rings (SSSR count). The second-order valence-electron chi connectivity index (χ2n) is 4.09. The molecule has 88 valence electrons. The van der Waals surface area contributed by atoms with Crippen molar-refractivity contribution in [3.05, 3.63) is 0 Å². The first kappa shape index (κ1) is 12.5. The fourth-order valence-electron chi connectivity index (χ4n) is 2.03. The molecule has 1 atom stereocenters. The smallest absolute Gasteiger partial charge is 0.224 e. The second-order valence-corrected chi connectivity index (χ2v) is 4.09. The molecular formula is C11H23N3O. The maximum atomic E-state index is 11.9. The molecule has 1 amide bonds. The average Bonchev–Trinajstić information content (AvgIpc) is 2.75. The summed E-state index contributed by atoms with van der Waals surface area (Å²) < 4.78 is 0. The van der Waals surface area contributed by atoms with Crippen LogP contribution >= 0.6 is 0 Å². The highest BCUT2D eigenvalue weighted by Crippen LogP contribution is 2.10. The minimum Gasteiger partial charge on any atom is -0.338 e. The first-order valence-electron chi connectivity index (χ1n) is 5.94. The lowest BCUT2D eigenvalue weighted by atomic mass is 10.2. The summed E-state index contributed by atoms with van der Waals surface area (Å²) in [5.74, 6) is 0.292. The van der Waals surface area contributed by atoms with Gasteiger partial charge in [-0.2, -0.15) is 0 Å². The number of hydrogen-bond donors (Lipinski definition) is 2. The molecule has 0 bridgehead atoms. The van der Waals surface area contributed by atoms with Crippen molar-refractivity contribution in [3.8, 4) is 0 Å². The van der Waals surface area contributed by atoms with Crippen LogP contribution in [0.4, 0.5) is 0 Å². The van der Waals surface area contributed by atoms with Crippen LogP contribution in [0.25, 0.3) is 0 Å². The van der Waals surface area contributed by atoms with Gasteiger partial charge in [0.2, 0.25) is 5.91 Å². The van der Waals surface area contributed by atoms with E-state index >= 15 is 0 Å². The molecule has 0 aromatic rings. The highest BCUT2D eigenvalue weighted by Gasteiger charge is 2.24. The topological polar surface area (TPSA) is 44.4 Å². The first-order chi connectivity index (χ1) is 7.29. The van der Waals surface area contributed by atoms with Crippen LogP contribution in [0.1, 0.15) is 26.2 Å². The third-order valence-electron chi connectivity index (χ3n) is 2.85. The van der Waals surface area contributed by atoms with Crippen LogP contribution in [-0.4, -0.2) is 50.1 Å². The zero-order valence-corrected chi connectivity index (χ0v) is 9.88. The Hall–Kier alpha value is -0.610. The molecular weight excluding hydrogens is 190 g/mol. The number of nitrogens with one attached hydrogen (secondary N) is 2. The van der Waals surface area contributed by atoms with Crippen LogP contribution < -0.4 is 10.6 Å². The highest BCUT2D eigenvalue weighted by molar-refractivity contribution is 5.76. The molecule has 0 saturated carbocycles. The van der Waals surface area contributed by atoms with Crippen LogP contribution in [0.15, 0.2) is 0 Å². The molecule has 1 aliphatic rings. The van der Waals surface area contributed by atoms with Crippen molar-refractivity contribution >= 4 is 5.91 Å². The maximum absolute atomic E-state index is 11.9. The van der Waals surface area contributed by atoms with Gasteiger partial charge in [0, 0.05) is 32.1 Å². The van der Waals surface area contributed by atoms with Gasteiger partial charge >= 0.3 is 0 Å². The summed E-state index contributed by atoms with van der Waals surface area (Å²) in [6.07, 6.45) is 2.76. The van der Waals surface area contributed by atoms with Crippen molar-refractivity contribution in [3.63, 3.8) is 0 Å². The van der Waals surface area contributed by atoms with Crippen molar-refractivity contribution in [2.45, 2.75) is 32.2 Å². The van der Waals surface area contributed by atoms with E-state index in [9.17, 15) is 4.79 Å². The summed E-state index contributed by atoms with van der Waals surface area (Å²) >= 11 is 0. The van der Waals surface area contributed by atoms with E-state index in [1.54, 1.807) is 0 Å². The monoisotopic (exact) mass is 213 g/mol. The Morgan fingerprint density at radius 2 is 2.40 bits per heavy atom. The predicted molar refractivity (Wildman–Crippen MR) is 61.8 cm³/mol. The standard InChI is InChI=1S/C11H23N3O/c1-3-8-14(10-4-7-13-9-10)11(15)5-6-12-2/h10,12-13H,3-9H2,1-2H3. The van der Waals surface area contributed by atoms with Crippen LogP contribution in [-0.2, 0) is 4.79 Å². The number of nitrogens with zero attached hydrogens (tertiary/aromatic N) is 1. The summed E-state index contributed by atoms with van der Waals surface area (Å²) in [7, 11) is 1.88. The second kappa shape index (κ2) is 6.80. The Bertz CT molecular complexity index is 190. The van der Waals surface area contributed by atoms with Crippen molar-refractivity contribution in [2.75, 3.05) is 33.2 Å². The summed E-state index contributed by atoms with van der Waals surface area (Å²) in [5, 5.41) is 6.34. The van der Waals surface area contributed by atoms with E-state index in [1.165, 1.54) is 0 Å². The van der Waals surface area contributed by atoms with E-state index in [1.807, 2.05) is 7.05 Å². The van der Waals surface area contributed by atoms with Crippen molar-refractivity contribution < 1.29 is 4.79 Å². The number of amides is 1. The summed E-state index contributed by atoms with van der Waals surface area (Å²) in [4.78, 5) is 14.0. The molecule has 1 saturated heterocycles. The first-order valence-corrected chi connectivity index (χ1v) is 5.94. The Balaban J connectivity index is 2.43. The predicted octanol–water partition coefficient (Wildman–Crippen LogP) is 0.196. The molecule has 1 unspecified atom stereocenters. The minimum atomic E-state index is 0.292. The summed E-state index contributed by atoms with van der Waals surface area (Å²) in [5.41, 5.74) is 0. The average molecular weight is 213 g/mol. The zero-order valence-electron chi connectivity index (χ0n) is 9.88. The molecule has 0 radical (unpaired) electrons. The third-order valence-corrected chi connectivity index (χ3v) is 2.85. The lowest BCUT2D eigenvalue weighted by molar-refractivity contribution is -0.133. The van der Waals surface area contributed by atoms with Gasteiger partial charge < -0.3 is 15.5 Å². The van der Waals surface area contributed by atoms with E-state index in [4.69, 9.17) is 0 Å². The number of rotatable bonds is 6. The van der Waals surface area contributed by atoms with E-state index in [-0.39, 0.29) is 0 Å². The quantitative estimate of drug-likeness (QED) is 0.662. The molecule has 0 aromatic carbocycles. The number of hydrogen-bond acceptors (Lipinski definition) is 3. The van der Waals surface area contributed by atoms with Gasteiger partial charge in [-0.05, 0) is 26.4 Å². The van der Waals surface area contributed by atoms with E-state index in [0.29, 0.717) is 18.4 Å². The van der Waals surface area contributed by atoms with Gasteiger partial charge in [-0.15, -0.1) is 0 Å². The van der Waals surface area contributed by atoms with Gasteiger partial charge in [-0.25, -0.2) is 0 Å². The number of carbonyl (C=O) groups excluding carboxylic acids is 1. The van der Waals surface area contributed by atoms with Crippen molar-refractivity contribution in [1.29, 1.82) is 0 Å². The lowest BCUT2D eigenvalue weighted by Gasteiger charge is -2.28. The van der Waals surface area contributed by atoms with E-state index < -0.39 is 0 Å². The zero-order chi connectivity index (χ0) is 11.1. The van der Waals surface area contributed by atoms with Gasteiger partial charge in [-0.1, -0.05) is 6.92 Å². The SMILES string of the molecule is CCCN(C(=O)CCNC)C1CCNC1. The Morgan fingerprint density at radius 3 is 2.93 bits per heavy atom. The summed E-state index contributed by atoms with van der Waals surface area (Å²) in [6.45, 7) is 5.81. The van der Waals surface area contributed by atoms with Crippen LogP contribution in [0.5, 0.6) is 0 Å². The fraction of sp³-hybridized carbons (Fsp3) is 0.909. The molecule has 2 N–H and O–H groups in total. The Labute approximate surface area is 92.4 Å². The van der Waals surface area contributed by atoms with Gasteiger partial charge in [0.05, 0.1) is 0 Å². The molecule has 1 aliphatic heterocycles. The molecule has 4 heteroatoms. The van der Waals surface area contributed by atoms with Crippen molar-refractivity contribution in [1.82, 2.24) is 15.5 Å².